The van der Waals surface area contributed by atoms with Crippen LogP contribution < -0.4 is 4.74 Å². The smallest absolute Gasteiger partial charge is 0.243 e. The van der Waals surface area contributed by atoms with E-state index in [1.54, 1.807) is 31.2 Å². The van der Waals surface area contributed by atoms with Gasteiger partial charge in [0.15, 0.2) is 0 Å². The number of hydrogen-bond acceptors (Lipinski definition) is 5. The first-order chi connectivity index (χ1) is 12.9. The van der Waals surface area contributed by atoms with Crippen molar-refractivity contribution in [2.75, 3.05) is 33.4 Å². The topological polar surface area (TPSA) is 76.2 Å². The molecule has 2 aliphatic rings. The highest BCUT2D eigenvalue weighted by atomic mass is 32.2. The van der Waals surface area contributed by atoms with Gasteiger partial charge in [-0.1, -0.05) is 6.07 Å². The molecule has 2 saturated heterocycles. The predicted molar refractivity (Wildman–Crippen MR) is 101 cm³/mol. The number of carbonyl (C=O) groups is 1. The van der Waals surface area contributed by atoms with Crippen LogP contribution >= 0.6 is 0 Å². The first-order valence-corrected chi connectivity index (χ1v) is 10.9. The minimum absolute atomic E-state index is 0.0657. The Balaban J connectivity index is 1.69. The molecule has 2 aliphatic heterocycles. The maximum absolute atomic E-state index is 12.9. The normalized spacial score (nSPS) is 20.4. The number of sulfonamides is 1. The lowest BCUT2D eigenvalue weighted by Gasteiger charge is -2.43. The van der Waals surface area contributed by atoms with Gasteiger partial charge in [-0.25, -0.2) is 8.42 Å². The van der Waals surface area contributed by atoms with Crippen LogP contribution in [0.3, 0.4) is 0 Å². The zero-order valence-electron chi connectivity index (χ0n) is 16.0. The first-order valence-electron chi connectivity index (χ1n) is 9.44. The molecule has 0 saturated carbocycles. The van der Waals surface area contributed by atoms with Gasteiger partial charge in [-0.05, 0) is 37.8 Å². The summed E-state index contributed by atoms with van der Waals surface area (Å²) >= 11 is 0. The minimum atomic E-state index is -3.56. The molecule has 0 N–H and O–H groups in total. The first kappa shape index (κ1) is 20.1. The van der Waals surface area contributed by atoms with E-state index in [2.05, 4.69) is 0 Å². The van der Waals surface area contributed by atoms with Crippen molar-refractivity contribution in [2.24, 2.45) is 0 Å². The van der Waals surface area contributed by atoms with Crippen LogP contribution in [-0.2, 0) is 19.6 Å². The maximum Gasteiger partial charge on any atom is 0.243 e. The lowest BCUT2D eigenvalue weighted by molar-refractivity contribution is -0.137. The number of nitrogens with zero attached hydrogens (tertiary/aromatic N) is 2. The van der Waals surface area contributed by atoms with Crippen molar-refractivity contribution in [3.63, 3.8) is 0 Å². The summed E-state index contributed by atoms with van der Waals surface area (Å²) in [6, 6.07) is 6.83. The highest BCUT2D eigenvalue weighted by Gasteiger charge is 2.35. The molecular weight excluding hydrogens is 368 g/mol. The number of carbonyl (C=O) groups excluding carboxylic acids is 1. The van der Waals surface area contributed by atoms with Crippen LogP contribution in [0.15, 0.2) is 29.2 Å². The fraction of sp³-hybridized carbons (Fsp3) is 0.632. The molecule has 2 fully saturated rings. The summed E-state index contributed by atoms with van der Waals surface area (Å²) in [5, 5.41) is 0. The Morgan fingerprint density at radius 3 is 2.37 bits per heavy atom. The number of piperidine rings is 1. The van der Waals surface area contributed by atoms with E-state index in [0.717, 1.165) is 12.8 Å². The fourth-order valence-corrected chi connectivity index (χ4v) is 5.55. The molecule has 0 radical (unpaired) electrons. The Morgan fingerprint density at radius 2 is 1.78 bits per heavy atom. The van der Waals surface area contributed by atoms with E-state index < -0.39 is 10.0 Å². The number of rotatable bonds is 5. The number of amides is 1. The summed E-state index contributed by atoms with van der Waals surface area (Å²) in [7, 11) is -2.04. The van der Waals surface area contributed by atoms with E-state index in [4.69, 9.17) is 9.47 Å². The van der Waals surface area contributed by atoms with Gasteiger partial charge in [-0.2, -0.15) is 4.31 Å². The second-order valence-electron chi connectivity index (χ2n) is 7.08. The molecule has 2 heterocycles. The quantitative estimate of drug-likeness (QED) is 0.760. The molecule has 1 aromatic carbocycles. The molecule has 7 nitrogen and oxygen atoms in total. The van der Waals surface area contributed by atoms with E-state index in [9.17, 15) is 13.2 Å². The average molecular weight is 397 g/mol. The zero-order valence-corrected chi connectivity index (χ0v) is 16.8. The predicted octanol–water partition coefficient (Wildman–Crippen LogP) is 1.88. The van der Waals surface area contributed by atoms with Crippen molar-refractivity contribution in [2.45, 2.75) is 49.6 Å². The largest absolute Gasteiger partial charge is 0.497 e. The van der Waals surface area contributed by atoms with Gasteiger partial charge < -0.3 is 14.4 Å². The van der Waals surface area contributed by atoms with Gasteiger partial charge >= 0.3 is 0 Å². The van der Waals surface area contributed by atoms with Gasteiger partial charge in [0.25, 0.3) is 0 Å². The van der Waals surface area contributed by atoms with Crippen molar-refractivity contribution < 1.29 is 22.7 Å². The Morgan fingerprint density at radius 1 is 1.15 bits per heavy atom. The number of ether oxygens (including phenoxy) is 2. The third kappa shape index (κ3) is 4.44. The molecule has 1 aromatic rings. The van der Waals surface area contributed by atoms with E-state index in [1.165, 1.54) is 11.4 Å². The summed E-state index contributed by atoms with van der Waals surface area (Å²) in [4.78, 5) is 14.5. The summed E-state index contributed by atoms with van der Waals surface area (Å²) in [5.74, 6) is 0.587. The van der Waals surface area contributed by atoms with Crippen molar-refractivity contribution in [1.82, 2.24) is 9.21 Å². The van der Waals surface area contributed by atoms with E-state index in [-0.39, 0.29) is 22.9 Å². The fourth-order valence-electron chi connectivity index (χ4n) is 4.05. The van der Waals surface area contributed by atoms with Gasteiger partial charge in [0.2, 0.25) is 15.9 Å². The van der Waals surface area contributed by atoms with Gasteiger partial charge in [0, 0.05) is 51.4 Å². The molecule has 0 atom stereocenters. The van der Waals surface area contributed by atoms with Crippen molar-refractivity contribution >= 4 is 15.9 Å². The van der Waals surface area contributed by atoms with Crippen molar-refractivity contribution in [3.8, 4) is 5.75 Å². The molecule has 3 rings (SSSR count). The van der Waals surface area contributed by atoms with Crippen LogP contribution in [0, 0.1) is 0 Å². The molecule has 1 amide bonds. The molecule has 150 valence electrons. The van der Waals surface area contributed by atoms with E-state index >= 15 is 0 Å². The zero-order chi connectivity index (χ0) is 19.4. The molecule has 0 aromatic heterocycles. The molecule has 0 spiro atoms. The van der Waals surface area contributed by atoms with E-state index in [1.807, 2.05) is 4.90 Å². The molecule has 0 unspecified atom stereocenters. The Labute approximate surface area is 161 Å². The van der Waals surface area contributed by atoms with Crippen molar-refractivity contribution in [1.29, 1.82) is 0 Å². The molecule has 8 heteroatoms. The third-order valence-corrected chi connectivity index (χ3v) is 7.34. The molecule has 0 bridgehead atoms. The lowest BCUT2D eigenvalue weighted by atomic mass is 9.99. The molecular formula is C19H28N2O5S. The van der Waals surface area contributed by atoms with Gasteiger partial charge in [-0.3, -0.25) is 4.79 Å². The standard InChI is InChI=1S/C19H28N2O5S/c1-15(22)21(17-8-12-26-13-9-17)16-6-10-20(11-7-16)27(23,24)19-5-3-4-18(14-19)25-2/h3-5,14,16-17H,6-13H2,1-2H3. The summed E-state index contributed by atoms with van der Waals surface area (Å²) in [5.41, 5.74) is 0. The van der Waals surface area contributed by atoms with Crippen LogP contribution in [0.25, 0.3) is 0 Å². The maximum atomic E-state index is 12.9. The van der Waals surface area contributed by atoms with E-state index in [0.29, 0.717) is 44.9 Å². The Hall–Kier alpha value is -1.64. The Bertz CT molecular complexity index is 753. The summed E-state index contributed by atoms with van der Waals surface area (Å²) < 4.78 is 37.9. The van der Waals surface area contributed by atoms with Crippen LogP contribution in [0.2, 0.25) is 0 Å². The van der Waals surface area contributed by atoms with Gasteiger partial charge in [-0.15, -0.1) is 0 Å². The highest BCUT2D eigenvalue weighted by molar-refractivity contribution is 7.89. The second-order valence-corrected chi connectivity index (χ2v) is 9.02. The summed E-state index contributed by atoms with van der Waals surface area (Å²) in [6.07, 6.45) is 3.00. The number of benzene rings is 1. The molecule has 0 aliphatic carbocycles. The van der Waals surface area contributed by atoms with Gasteiger partial charge in [0.05, 0.1) is 12.0 Å². The second kappa shape index (κ2) is 8.58. The van der Waals surface area contributed by atoms with Crippen LogP contribution in [-0.4, -0.2) is 69.0 Å². The monoisotopic (exact) mass is 396 g/mol. The van der Waals surface area contributed by atoms with Crippen LogP contribution in [0.4, 0.5) is 0 Å². The van der Waals surface area contributed by atoms with Gasteiger partial charge in [0.1, 0.15) is 5.75 Å². The third-order valence-electron chi connectivity index (χ3n) is 5.44. The van der Waals surface area contributed by atoms with Crippen LogP contribution in [0.5, 0.6) is 5.75 Å². The average Bonchev–Trinajstić information content (AvgIpc) is 2.69. The Kier molecular flexibility index (Phi) is 6.39. The SMILES string of the molecule is COc1cccc(S(=O)(=O)N2CCC(N(C(C)=O)C3CCOCC3)CC2)c1. The highest BCUT2D eigenvalue weighted by Crippen LogP contribution is 2.28. The summed E-state index contributed by atoms with van der Waals surface area (Å²) in [6.45, 7) is 3.79. The van der Waals surface area contributed by atoms with Crippen LogP contribution in [0.1, 0.15) is 32.6 Å². The lowest BCUT2D eigenvalue weighted by Crippen LogP contribution is -2.53. The number of hydrogen-bond donors (Lipinski definition) is 0. The molecule has 27 heavy (non-hydrogen) atoms. The minimum Gasteiger partial charge on any atom is -0.497 e. The van der Waals surface area contributed by atoms with Crippen molar-refractivity contribution in [3.05, 3.63) is 24.3 Å². The number of methoxy groups -OCH3 is 1.